The van der Waals surface area contributed by atoms with Crippen LogP contribution < -0.4 is 9.47 Å². The van der Waals surface area contributed by atoms with E-state index < -0.39 is 6.10 Å². The molecule has 0 saturated carbocycles. The molecule has 1 unspecified atom stereocenters. The first-order chi connectivity index (χ1) is 8.22. The van der Waals surface area contributed by atoms with Crippen molar-refractivity contribution in [1.29, 1.82) is 0 Å². The fourth-order valence-electron chi connectivity index (χ4n) is 1.65. The van der Waals surface area contributed by atoms with E-state index in [4.69, 9.17) is 14.6 Å². The maximum atomic E-state index is 11.9. The lowest BCUT2D eigenvalue weighted by Gasteiger charge is -2.28. The molecule has 2 rings (SSSR count). The summed E-state index contributed by atoms with van der Waals surface area (Å²) >= 11 is 0. The molecule has 1 aliphatic heterocycles. The number of rotatable bonds is 3. The van der Waals surface area contributed by atoms with E-state index in [0.29, 0.717) is 18.0 Å². The van der Waals surface area contributed by atoms with Gasteiger partial charge >= 0.3 is 0 Å². The van der Waals surface area contributed by atoms with Gasteiger partial charge in [-0.05, 0) is 12.1 Å². The minimum Gasteiger partial charge on any atom is -0.485 e. The monoisotopic (exact) mass is 237 g/mol. The molecule has 0 aromatic heterocycles. The van der Waals surface area contributed by atoms with E-state index in [9.17, 15) is 4.79 Å². The van der Waals surface area contributed by atoms with E-state index in [2.05, 4.69) is 0 Å². The summed E-state index contributed by atoms with van der Waals surface area (Å²) in [6, 6.07) is 7.24. The van der Waals surface area contributed by atoms with E-state index in [-0.39, 0.29) is 19.1 Å². The van der Waals surface area contributed by atoms with Crippen LogP contribution in [0.2, 0.25) is 0 Å². The Balaban J connectivity index is 2.05. The number of carbonyl (C=O) groups excluding carboxylic acids is 1. The molecule has 1 aromatic carbocycles. The predicted molar refractivity (Wildman–Crippen MR) is 61.1 cm³/mol. The number of fused-ring (bicyclic) bond motifs is 1. The largest absolute Gasteiger partial charge is 0.485 e. The Hall–Kier alpha value is -1.75. The Labute approximate surface area is 99.6 Å². The van der Waals surface area contributed by atoms with Crippen LogP contribution in [0, 0.1) is 0 Å². The van der Waals surface area contributed by atoms with Crippen molar-refractivity contribution in [2.45, 2.75) is 6.10 Å². The number of nitrogens with zero attached hydrogens (tertiary/aromatic N) is 1. The van der Waals surface area contributed by atoms with Crippen LogP contribution in [-0.2, 0) is 4.79 Å². The van der Waals surface area contributed by atoms with Crippen molar-refractivity contribution in [3.05, 3.63) is 24.3 Å². The summed E-state index contributed by atoms with van der Waals surface area (Å²) in [6.45, 7) is 0.429. The second-order valence-corrected chi connectivity index (χ2v) is 3.85. The smallest absolute Gasteiger partial charge is 0.267 e. The Morgan fingerprint density at radius 2 is 2.18 bits per heavy atom. The highest BCUT2D eigenvalue weighted by Gasteiger charge is 2.29. The Morgan fingerprint density at radius 1 is 1.47 bits per heavy atom. The van der Waals surface area contributed by atoms with Gasteiger partial charge in [0.25, 0.3) is 5.91 Å². The van der Waals surface area contributed by atoms with Crippen molar-refractivity contribution >= 4 is 5.91 Å². The first-order valence-electron chi connectivity index (χ1n) is 5.46. The van der Waals surface area contributed by atoms with Gasteiger partial charge in [-0.1, -0.05) is 12.1 Å². The summed E-state index contributed by atoms with van der Waals surface area (Å²) in [4.78, 5) is 13.3. The summed E-state index contributed by atoms with van der Waals surface area (Å²) in [6.07, 6.45) is -0.638. The molecule has 0 saturated heterocycles. The van der Waals surface area contributed by atoms with Gasteiger partial charge in [-0.15, -0.1) is 0 Å². The van der Waals surface area contributed by atoms with Gasteiger partial charge in [0.2, 0.25) is 6.10 Å². The second kappa shape index (κ2) is 5.05. The molecular formula is C12H15NO4. The fourth-order valence-corrected chi connectivity index (χ4v) is 1.65. The molecular weight excluding hydrogens is 222 g/mol. The Kier molecular flexibility index (Phi) is 3.49. The maximum absolute atomic E-state index is 11.9. The molecule has 1 amide bonds. The molecule has 0 aliphatic carbocycles. The van der Waals surface area contributed by atoms with Crippen LogP contribution in [0.15, 0.2) is 24.3 Å². The molecule has 5 nitrogen and oxygen atoms in total. The number of likely N-dealkylation sites (N-methyl/N-ethyl adjacent to an activating group) is 1. The third-order valence-corrected chi connectivity index (χ3v) is 2.60. The van der Waals surface area contributed by atoms with E-state index in [1.54, 1.807) is 19.2 Å². The van der Waals surface area contributed by atoms with Crippen LogP contribution >= 0.6 is 0 Å². The number of hydrogen-bond donors (Lipinski definition) is 1. The standard InChI is InChI=1S/C12H15NO4/c1-13(6-7-14)12(15)11-8-16-9-4-2-3-5-10(9)17-11/h2-5,11,14H,6-8H2,1H3. The van der Waals surface area contributed by atoms with Gasteiger partial charge < -0.3 is 19.5 Å². The summed E-state index contributed by atoms with van der Waals surface area (Å²) in [7, 11) is 1.63. The number of hydrogen-bond acceptors (Lipinski definition) is 4. The van der Waals surface area contributed by atoms with Crippen LogP contribution in [0.25, 0.3) is 0 Å². The van der Waals surface area contributed by atoms with E-state index in [1.807, 2.05) is 12.1 Å². The average Bonchev–Trinajstić information content (AvgIpc) is 2.37. The molecule has 1 aliphatic rings. The SMILES string of the molecule is CN(CCO)C(=O)C1COc2ccccc2O1. The van der Waals surface area contributed by atoms with Crippen molar-refractivity contribution in [2.24, 2.45) is 0 Å². The number of benzene rings is 1. The van der Waals surface area contributed by atoms with E-state index in [1.165, 1.54) is 4.90 Å². The van der Waals surface area contributed by atoms with E-state index >= 15 is 0 Å². The van der Waals surface area contributed by atoms with Gasteiger partial charge in [0, 0.05) is 13.6 Å². The highest BCUT2D eigenvalue weighted by molar-refractivity contribution is 5.81. The molecule has 1 heterocycles. The highest BCUT2D eigenvalue weighted by Crippen LogP contribution is 2.31. The van der Waals surface area contributed by atoms with E-state index in [0.717, 1.165) is 0 Å². The zero-order valence-corrected chi connectivity index (χ0v) is 9.63. The van der Waals surface area contributed by atoms with Gasteiger partial charge in [-0.3, -0.25) is 4.79 Å². The molecule has 1 aromatic rings. The molecule has 0 spiro atoms. The van der Waals surface area contributed by atoms with Crippen molar-refractivity contribution in [2.75, 3.05) is 26.8 Å². The Morgan fingerprint density at radius 3 is 2.88 bits per heavy atom. The van der Waals surface area contributed by atoms with Crippen LogP contribution in [0.3, 0.4) is 0 Å². The lowest BCUT2D eigenvalue weighted by molar-refractivity contribution is -0.140. The molecule has 0 radical (unpaired) electrons. The maximum Gasteiger partial charge on any atom is 0.267 e. The molecule has 17 heavy (non-hydrogen) atoms. The average molecular weight is 237 g/mol. The van der Waals surface area contributed by atoms with Crippen molar-refractivity contribution in [3.8, 4) is 11.5 Å². The number of aliphatic hydroxyl groups is 1. The quantitative estimate of drug-likeness (QED) is 0.820. The second-order valence-electron chi connectivity index (χ2n) is 3.85. The van der Waals surface area contributed by atoms with Crippen LogP contribution in [0.5, 0.6) is 11.5 Å². The van der Waals surface area contributed by atoms with Gasteiger partial charge in [0.15, 0.2) is 11.5 Å². The zero-order chi connectivity index (χ0) is 12.3. The van der Waals surface area contributed by atoms with Crippen molar-refractivity contribution in [1.82, 2.24) is 4.90 Å². The normalized spacial score (nSPS) is 17.6. The van der Waals surface area contributed by atoms with Gasteiger partial charge in [0.1, 0.15) is 6.61 Å². The minimum atomic E-state index is -0.638. The fraction of sp³-hybridized carbons (Fsp3) is 0.417. The predicted octanol–water partition coefficient (Wildman–Crippen LogP) is 0.277. The third-order valence-electron chi connectivity index (χ3n) is 2.60. The number of amides is 1. The Bertz CT molecular complexity index is 407. The van der Waals surface area contributed by atoms with Gasteiger partial charge in [-0.25, -0.2) is 0 Å². The van der Waals surface area contributed by atoms with Crippen LogP contribution in [0.1, 0.15) is 0 Å². The number of para-hydroxylation sites is 2. The molecule has 1 N–H and O–H groups in total. The number of carbonyl (C=O) groups is 1. The first kappa shape index (κ1) is 11.7. The topological polar surface area (TPSA) is 59.0 Å². The summed E-state index contributed by atoms with van der Waals surface area (Å²) < 4.78 is 11.0. The summed E-state index contributed by atoms with van der Waals surface area (Å²) in [5.74, 6) is 1.05. The lowest BCUT2D eigenvalue weighted by atomic mass is 10.2. The van der Waals surface area contributed by atoms with Crippen LogP contribution in [-0.4, -0.2) is 48.8 Å². The third kappa shape index (κ3) is 2.50. The molecule has 5 heteroatoms. The number of ether oxygens (including phenoxy) is 2. The van der Waals surface area contributed by atoms with Gasteiger partial charge in [0.05, 0.1) is 6.61 Å². The van der Waals surface area contributed by atoms with Crippen molar-refractivity contribution < 1.29 is 19.4 Å². The summed E-state index contributed by atoms with van der Waals surface area (Å²) in [5, 5.41) is 8.78. The highest BCUT2D eigenvalue weighted by atomic mass is 16.6. The molecule has 1 atom stereocenters. The first-order valence-corrected chi connectivity index (χ1v) is 5.46. The molecule has 0 bridgehead atoms. The van der Waals surface area contributed by atoms with Crippen molar-refractivity contribution in [3.63, 3.8) is 0 Å². The number of aliphatic hydroxyl groups excluding tert-OH is 1. The zero-order valence-electron chi connectivity index (χ0n) is 9.63. The molecule has 0 fully saturated rings. The minimum absolute atomic E-state index is 0.0631. The lowest BCUT2D eigenvalue weighted by Crippen LogP contribution is -2.45. The van der Waals surface area contributed by atoms with Crippen LogP contribution in [0.4, 0.5) is 0 Å². The van der Waals surface area contributed by atoms with Gasteiger partial charge in [-0.2, -0.15) is 0 Å². The summed E-state index contributed by atoms with van der Waals surface area (Å²) in [5.41, 5.74) is 0. The molecule has 92 valence electrons.